The Labute approximate surface area is 301 Å². The summed E-state index contributed by atoms with van der Waals surface area (Å²) >= 11 is 0. The molecule has 0 radical (unpaired) electrons. The number of nitrogens with zero attached hydrogens (tertiary/aromatic N) is 2. The van der Waals surface area contributed by atoms with Gasteiger partial charge in [0.05, 0.1) is 23.3 Å². The molecule has 0 aliphatic heterocycles. The molecule has 0 fully saturated rings. The largest absolute Gasteiger partial charge is 0.434 e. The van der Waals surface area contributed by atoms with Gasteiger partial charge in [0.1, 0.15) is 0 Å². The van der Waals surface area contributed by atoms with E-state index in [1.54, 1.807) is 50.2 Å². The lowest BCUT2D eigenvalue weighted by atomic mass is 9.94. The van der Waals surface area contributed by atoms with Crippen molar-refractivity contribution in [3.05, 3.63) is 131 Å². The quantitative estimate of drug-likeness (QED) is 0.0851. The van der Waals surface area contributed by atoms with Crippen LogP contribution in [0.15, 0.2) is 109 Å². The highest BCUT2D eigenvalue weighted by atomic mass is 16.6. The minimum atomic E-state index is -1.67. The minimum absolute atomic E-state index is 0.408. The Morgan fingerprint density at radius 1 is 0.635 bits per heavy atom. The molecular weight excluding hydrogens is 660 g/mol. The number of rotatable bonds is 14. The molecule has 0 spiro atoms. The second kappa shape index (κ2) is 18.4. The number of hydrogen-bond donors (Lipinski definition) is 4. The van der Waals surface area contributed by atoms with E-state index < -0.39 is 48.3 Å². The molecule has 12 heteroatoms. The van der Waals surface area contributed by atoms with E-state index in [-0.39, 0.29) is 0 Å². The minimum Gasteiger partial charge on any atom is -0.434 e. The fourth-order valence-electron chi connectivity index (χ4n) is 5.46. The van der Waals surface area contributed by atoms with Crippen LogP contribution in [-0.2, 0) is 41.5 Å². The monoisotopic (exact) mass is 698 g/mol. The van der Waals surface area contributed by atoms with E-state index in [1.165, 1.54) is 0 Å². The number of benzene rings is 4. The topological polar surface area (TPSA) is 210 Å². The van der Waals surface area contributed by atoms with Crippen LogP contribution in [0.5, 0.6) is 0 Å². The molecular formula is C40H38N6O6. The zero-order chi connectivity index (χ0) is 37.6. The summed E-state index contributed by atoms with van der Waals surface area (Å²) in [5.41, 5.74) is 18.0. The van der Waals surface area contributed by atoms with Crippen molar-refractivity contribution in [1.82, 2.24) is 10.6 Å². The molecule has 52 heavy (non-hydrogen) atoms. The van der Waals surface area contributed by atoms with Gasteiger partial charge in [0.25, 0.3) is 11.8 Å². The number of nitriles is 2. The number of esters is 2. The Hall–Kier alpha value is -6.60. The van der Waals surface area contributed by atoms with Crippen LogP contribution < -0.4 is 22.1 Å². The average molecular weight is 699 g/mol. The average Bonchev–Trinajstić information content (AvgIpc) is 3.14. The Balaban J connectivity index is 1.23. The number of carbonyl (C=O) groups excluding carboxylic acids is 4. The van der Waals surface area contributed by atoms with Gasteiger partial charge in [-0.1, -0.05) is 72.8 Å². The lowest BCUT2D eigenvalue weighted by Crippen LogP contribution is -2.47. The van der Waals surface area contributed by atoms with E-state index >= 15 is 0 Å². The summed E-state index contributed by atoms with van der Waals surface area (Å²) in [5.74, 6) is -3.71. The van der Waals surface area contributed by atoms with E-state index in [0.29, 0.717) is 36.1 Å². The third-order valence-electron chi connectivity index (χ3n) is 7.83. The maximum atomic E-state index is 12.7. The molecule has 6 N–H and O–H groups in total. The predicted molar refractivity (Wildman–Crippen MR) is 193 cm³/mol. The number of hydrogen-bond acceptors (Lipinski definition) is 10. The standard InChI is InChI=1S/C40H38N6O6/c1-25(19-29-11-3-5-15-33(29)31-13-7-9-27(21-31)23-41)45-39(49)37(43)51-35(47)17-18-36(48)52-38(44)40(50)46-26(2)20-30-12-4-6-16-34(30)32-14-8-10-28(22-32)24-42/h3-18,21-22,25-26,37-38H,19-20,43-44H2,1-2H3,(H,45,49)(H,46,50)/b18-17-. The van der Waals surface area contributed by atoms with E-state index in [2.05, 4.69) is 22.8 Å². The van der Waals surface area contributed by atoms with Gasteiger partial charge in [-0.25, -0.2) is 9.59 Å². The Bertz CT molecular complexity index is 1900. The second-order valence-electron chi connectivity index (χ2n) is 12.0. The van der Waals surface area contributed by atoms with E-state index in [1.807, 2.05) is 60.7 Å². The summed E-state index contributed by atoms with van der Waals surface area (Å²) in [5, 5.41) is 23.9. The zero-order valence-corrected chi connectivity index (χ0v) is 28.6. The van der Waals surface area contributed by atoms with Gasteiger partial charge in [-0.05, 0) is 84.3 Å². The first-order chi connectivity index (χ1) is 25.0. The predicted octanol–water partition coefficient (Wildman–Crippen LogP) is 3.77. The highest BCUT2D eigenvalue weighted by molar-refractivity contribution is 5.94. The fraction of sp³-hybridized carbons (Fsp3) is 0.200. The molecule has 2 amide bonds. The lowest BCUT2D eigenvalue weighted by molar-refractivity contribution is -0.152. The van der Waals surface area contributed by atoms with Gasteiger partial charge < -0.3 is 20.1 Å². The van der Waals surface area contributed by atoms with Crippen LogP contribution in [-0.4, -0.2) is 48.3 Å². The zero-order valence-electron chi connectivity index (χ0n) is 28.6. The van der Waals surface area contributed by atoms with Crippen molar-refractivity contribution in [2.24, 2.45) is 11.5 Å². The SMILES string of the molecule is CC(Cc1ccccc1-c1cccc(C#N)c1)NC(=O)C(N)OC(=O)/C=C\C(=O)OC(N)C(=O)NC(C)Cc1ccccc1-c1cccc(C#N)c1. The van der Waals surface area contributed by atoms with Gasteiger partial charge in [0, 0.05) is 24.2 Å². The maximum absolute atomic E-state index is 12.7. The van der Waals surface area contributed by atoms with E-state index in [4.69, 9.17) is 20.9 Å². The number of nitrogens with one attached hydrogen (secondary N) is 2. The van der Waals surface area contributed by atoms with Crippen LogP contribution in [0.4, 0.5) is 0 Å². The highest BCUT2D eigenvalue weighted by Crippen LogP contribution is 2.27. The van der Waals surface area contributed by atoms with Crippen molar-refractivity contribution < 1.29 is 28.7 Å². The van der Waals surface area contributed by atoms with Crippen molar-refractivity contribution >= 4 is 23.8 Å². The Kier molecular flexibility index (Phi) is 13.5. The lowest BCUT2D eigenvalue weighted by Gasteiger charge is -2.19. The second-order valence-corrected chi connectivity index (χ2v) is 12.0. The molecule has 4 rings (SSSR count). The number of ether oxygens (including phenoxy) is 2. The normalized spacial score (nSPS) is 13.0. The van der Waals surface area contributed by atoms with Crippen LogP contribution >= 0.6 is 0 Å². The van der Waals surface area contributed by atoms with Crippen molar-refractivity contribution in [1.29, 1.82) is 10.5 Å². The van der Waals surface area contributed by atoms with Crippen LogP contribution in [0, 0.1) is 22.7 Å². The van der Waals surface area contributed by atoms with Crippen LogP contribution in [0.25, 0.3) is 22.3 Å². The van der Waals surface area contributed by atoms with E-state index in [0.717, 1.165) is 33.4 Å². The molecule has 0 aliphatic carbocycles. The third-order valence-corrected chi connectivity index (χ3v) is 7.83. The number of amides is 2. The molecule has 0 bridgehead atoms. The molecule has 4 aromatic rings. The van der Waals surface area contributed by atoms with Crippen molar-refractivity contribution in [3.8, 4) is 34.4 Å². The first-order valence-corrected chi connectivity index (χ1v) is 16.4. The first-order valence-electron chi connectivity index (χ1n) is 16.4. The molecule has 0 aliphatic rings. The van der Waals surface area contributed by atoms with Gasteiger partial charge in [-0.2, -0.15) is 10.5 Å². The molecule has 0 aromatic heterocycles. The smallest absolute Gasteiger partial charge is 0.333 e. The molecule has 4 aromatic carbocycles. The molecule has 0 saturated heterocycles. The summed E-state index contributed by atoms with van der Waals surface area (Å²) in [6.45, 7) is 3.53. The summed E-state index contributed by atoms with van der Waals surface area (Å²) in [6.07, 6.45) is -1.10. The first kappa shape index (κ1) is 38.2. The van der Waals surface area contributed by atoms with Crippen molar-refractivity contribution in [2.75, 3.05) is 0 Å². The highest BCUT2D eigenvalue weighted by Gasteiger charge is 2.22. The molecule has 0 saturated carbocycles. The maximum Gasteiger partial charge on any atom is 0.333 e. The Morgan fingerprint density at radius 3 is 1.40 bits per heavy atom. The summed E-state index contributed by atoms with van der Waals surface area (Å²) < 4.78 is 9.85. The number of nitrogens with two attached hydrogens (primary N) is 2. The van der Waals surface area contributed by atoms with Gasteiger partial charge in [0.15, 0.2) is 0 Å². The number of carbonyl (C=O) groups is 4. The van der Waals surface area contributed by atoms with Gasteiger partial charge in [0.2, 0.25) is 12.5 Å². The van der Waals surface area contributed by atoms with Crippen LogP contribution in [0.3, 0.4) is 0 Å². The van der Waals surface area contributed by atoms with Crippen LogP contribution in [0.1, 0.15) is 36.1 Å². The van der Waals surface area contributed by atoms with Crippen LogP contribution in [0.2, 0.25) is 0 Å². The molecule has 264 valence electrons. The summed E-state index contributed by atoms with van der Waals surface area (Å²) in [4.78, 5) is 49.9. The molecule has 4 unspecified atom stereocenters. The summed E-state index contributed by atoms with van der Waals surface area (Å²) in [7, 11) is 0. The molecule has 12 nitrogen and oxygen atoms in total. The van der Waals surface area contributed by atoms with Crippen molar-refractivity contribution in [2.45, 2.75) is 51.2 Å². The van der Waals surface area contributed by atoms with Gasteiger partial charge in [-0.15, -0.1) is 0 Å². The molecule has 4 atom stereocenters. The Morgan fingerprint density at radius 2 is 1.02 bits per heavy atom. The van der Waals surface area contributed by atoms with E-state index in [9.17, 15) is 29.7 Å². The fourth-order valence-corrected chi connectivity index (χ4v) is 5.46. The summed E-state index contributed by atoms with van der Waals surface area (Å²) in [6, 6.07) is 33.0. The van der Waals surface area contributed by atoms with Gasteiger partial charge in [-0.3, -0.25) is 21.1 Å². The molecule has 0 heterocycles. The third kappa shape index (κ3) is 11.0. The van der Waals surface area contributed by atoms with Gasteiger partial charge >= 0.3 is 11.9 Å². The van der Waals surface area contributed by atoms with Crippen molar-refractivity contribution in [3.63, 3.8) is 0 Å².